The Balaban J connectivity index is 1.45. The van der Waals surface area contributed by atoms with E-state index >= 15 is 0 Å². The Bertz CT molecular complexity index is 1100. The Labute approximate surface area is 176 Å². The second kappa shape index (κ2) is 8.69. The van der Waals surface area contributed by atoms with Crippen molar-refractivity contribution in [2.75, 3.05) is 25.0 Å². The van der Waals surface area contributed by atoms with Crippen LogP contribution in [0.4, 0.5) is 5.69 Å². The smallest absolute Gasteiger partial charge is 0.274 e. The van der Waals surface area contributed by atoms with Crippen molar-refractivity contribution in [1.29, 1.82) is 0 Å². The molecule has 1 aliphatic rings. The highest BCUT2D eigenvalue weighted by Crippen LogP contribution is 2.21. The zero-order valence-electron chi connectivity index (χ0n) is 17.7. The van der Waals surface area contributed by atoms with Crippen molar-refractivity contribution in [3.05, 3.63) is 70.1 Å². The largest absolute Gasteiger partial charge is 0.372 e. The number of carbonyl (C=O) groups is 1. The minimum Gasteiger partial charge on any atom is -0.372 e. The van der Waals surface area contributed by atoms with Gasteiger partial charge in [-0.25, -0.2) is 4.68 Å². The van der Waals surface area contributed by atoms with E-state index in [1.807, 2.05) is 25.2 Å². The van der Waals surface area contributed by atoms with Crippen molar-refractivity contribution in [2.24, 2.45) is 7.05 Å². The fourth-order valence-corrected chi connectivity index (χ4v) is 4.11. The number of benzene rings is 2. The van der Waals surface area contributed by atoms with Gasteiger partial charge < -0.3 is 9.80 Å². The standard InChI is InChI=1S/C24H28N4O2/c1-26(17-18-10-12-19(13-11-18)28-14-6-3-7-15-28)23(29)16-22-20-8-4-5-9-21(20)24(30)27(2)25-22/h4-5,8-13H,3,6-7,14-17H2,1-2H3. The van der Waals surface area contributed by atoms with Crippen LogP contribution in [0.15, 0.2) is 53.3 Å². The number of fused-ring (bicyclic) bond motifs is 1. The van der Waals surface area contributed by atoms with Gasteiger partial charge in [-0.3, -0.25) is 9.59 Å². The molecular formula is C24H28N4O2. The van der Waals surface area contributed by atoms with Crippen LogP contribution in [0.5, 0.6) is 0 Å². The summed E-state index contributed by atoms with van der Waals surface area (Å²) in [5.41, 5.74) is 2.84. The Morgan fingerprint density at radius 1 is 1.00 bits per heavy atom. The maximum Gasteiger partial charge on any atom is 0.274 e. The van der Waals surface area contributed by atoms with Crippen LogP contribution < -0.4 is 10.5 Å². The molecule has 1 fully saturated rings. The van der Waals surface area contributed by atoms with Crippen LogP contribution in [0.25, 0.3) is 10.8 Å². The van der Waals surface area contributed by atoms with E-state index in [0.717, 1.165) is 24.0 Å². The lowest BCUT2D eigenvalue weighted by Gasteiger charge is -2.29. The highest BCUT2D eigenvalue weighted by Gasteiger charge is 2.16. The van der Waals surface area contributed by atoms with Crippen LogP contribution in [-0.4, -0.2) is 40.7 Å². The second-order valence-electron chi connectivity index (χ2n) is 8.06. The number of hydrogen-bond acceptors (Lipinski definition) is 4. The first-order chi connectivity index (χ1) is 14.5. The maximum absolute atomic E-state index is 12.9. The average molecular weight is 405 g/mol. The van der Waals surface area contributed by atoms with Crippen molar-refractivity contribution in [3.8, 4) is 0 Å². The number of hydrogen-bond donors (Lipinski definition) is 0. The number of amides is 1. The number of anilines is 1. The number of rotatable bonds is 5. The molecule has 0 aliphatic carbocycles. The summed E-state index contributed by atoms with van der Waals surface area (Å²) in [4.78, 5) is 29.3. The van der Waals surface area contributed by atoms with E-state index in [9.17, 15) is 9.59 Å². The summed E-state index contributed by atoms with van der Waals surface area (Å²) in [5, 5.41) is 5.68. The summed E-state index contributed by atoms with van der Waals surface area (Å²) >= 11 is 0. The molecule has 0 bridgehead atoms. The van der Waals surface area contributed by atoms with Gasteiger partial charge in [0, 0.05) is 44.8 Å². The molecular weight excluding hydrogens is 376 g/mol. The molecule has 0 spiro atoms. The molecule has 0 saturated carbocycles. The predicted octanol–water partition coefficient (Wildman–Crippen LogP) is 3.12. The molecule has 1 aromatic heterocycles. The third-order valence-electron chi connectivity index (χ3n) is 5.85. The van der Waals surface area contributed by atoms with Gasteiger partial charge in [-0.15, -0.1) is 0 Å². The van der Waals surface area contributed by atoms with E-state index in [-0.39, 0.29) is 17.9 Å². The van der Waals surface area contributed by atoms with Crippen LogP contribution in [0.2, 0.25) is 0 Å². The molecule has 4 rings (SSSR count). The molecule has 2 heterocycles. The van der Waals surface area contributed by atoms with Gasteiger partial charge in [0.25, 0.3) is 5.56 Å². The van der Waals surface area contributed by atoms with Gasteiger partial charge in [-0.2, -0.15) is 5.10 Å². The average Bonchev–Trinajstić information content (AvgIpc) is 2.78. The summed E-state index contributed by atoms with van der Waals surface area (Å²) < 4.78 is 1.31. The number of nitrogens with zero attached hydrogens (tertiary/aromatic N) is 4. The summed E-state index contributed by atoms with van der Waals surface area (Å²) in [7, 11) is 3.43. The number of carbonyl (C=O) groups excluding carboxylic acids is 1. The number of likely N-dealkylation sites (N-methyl/N-ethyl adjacent to an activating group) is 1. The first kappa shape index (κ1) is 20.1. The number of piperidine rings is 1. The lowest BCUT2D eigenvalue weighted by molar-refractivity contribution is -0.129. The molecule has 0 atom stereocenters. The fraction of sp³-hybridized carbons (Fsp3) is 0.375. The monoisotopic (exact) mass is 404 g/mol. The lowest BCUT2D eigenvalue weighted by Crippen LogP contribution is -2.30. The first-order valence-corrected chi connectivity index (χ1v) is 10.6. The number of aromatic nitrogens is 2. The van der Waals surface area contributed by atoms with Crippen molar-refractivity contribution in [2.45, 2.75) is 32.2 Å². The SMILES string of the molecule is CN(Cc1ccc(N2CCCCC2)cc1)C(=O)Cc1nn(C)c(=O)c2ccccc12. The van der Waals surface area contributed by atoms with Gasteiger partial charge in [0.1, 0.15) is 0 Å². The van der Waals surface area contributed by atoms with E-state index < -0.39 is 0 Å². The molecule has 3 aromatic rings. The Kier molecular flexibility index (Phi) is 5.84. The molecule has 0 unspecified atom stereocenters. The van der Waals surface area contributed by atoms with Crippen molar-refractivity contribution in [3.63, 3.8) is 0 Å². The summed E-state index contributed by atoms with van der Waals surface area (Å²) in [5.74, 6) is -0.0218. The molecule has 1 aliphatic heterocycles. The first-order valence-electron chi connectivity index (χ1n) is 10.6. The van der Waals surface area contributed by atoms with Gasteiger partial charge >= 0.3 is 0 Å². The number of aryl methyl sites for hydroxylation is 1. The van der Waals surface area contributed by atoms with E-state index in [1.54, 1.807) is 18.0 Å². The molecule has 1 amide bonds. The highest BCUT2D eigenvalue weighted by atomic mass is 16.2. The minimum atomic E-state index is -0.149. The Morgan fingerprint density at radius 2 is 1.67 bits per heavy atom. The third-order valence-corrected chi connectivity index (χ3v) is 5.85. The van der Waals surface area contributed by atoms with Gasteiger partial charge in [-0.1, -0.05) is 30.3 Å². The van der Waals surface area contributed by atoms with Crippen molar-refractivity contribution in [1.82, 2.24) is 14.7 Å². The molecule has 2 aromatic carbocycles. The van der Waals surface area contributed by atoms with Crippen LogP contribution in [0.1, 0.15) is 30.5 Å². The summed E-state index contributed by atoms with van der Waals surface area (Å²) in [6, 6.07) is 15.8. The Morgan fingerprint density at radius 3 is 2.37 bits per heavy atom. The third kappa shape index (κ3) is 4.22. The van der Waals surface area contributed by atoms with Crippen molar-refractivity contribution >= 4 is 22.4 Å². The van der Waals surface area contributed by atoms with E-state index in [4.69, 9.17) is 0 Å². The van der Waals surface area contributed by atoms with Crippen molar-refractivity contribution < 1.29 is 4.79 Å². The van der Waals surface area contributed by atoms with Crippen LogP contribution >= 0.6 is 0 Å². The quantitative estimate of drug-likeness (QED) is 0.656. The van der Waals surface area contributed by atoms with Gasteiger partial charge in [0.15, 0.2) is 0 Å². The predicted molar refractivity (Wildman–Crippen MR) is 120 cm³/mol. The molecule has 6 heteroatoms. The summed E-state index contributed by atoms with van der Waals surface area (Å²) in [6.45, 7) is 2.79. The fourth-order valence-electron chi connectivity index (χ4n) is 4.11. The lowest BCUT2D eigenvalue weighted by atomic mass is 10.1. The van der Waals surface area contributed by atoms with Gasteiger partial charge in [-0.05, 0) is 43.0 Å². The van der Waals surface area contributed by atoms with Gasteiger partial charge in [0.2, 0.25) is 5.91 Å². The van der Waals surface area contributed by atoms with Crippen LogP contribution in [0.3, 0.4) is 0 Å². The highest BCUT2D eigenvalue weighted by molar-refractivity contribution is 5.88. The Hall–Kier alpha value is -3.15. The zero-order valence-corrected chi connectivity index (χ0v) is 17.7. The van der Waals surface area contributed by atoms with Gasteiger partial charge in [0.05, 0.1) is 17.5 Å². The minimum absolute atomic E-state index is 0.0218. The molecule has 1 saturated heterocycles. The normalized spacial score (nSPS) is 14.1. The van der Waals surface area contributed by atoms with E-state index in [1.165, 1.54) is 29.6 Å². The molecule has 0 N–H and O–H groups in total. The molecule has 156 valence electrons. The zero-order chi connectivity index (χ0) is 21.1. The van der Waals surface area contributed by atoms with E-state index in [2.05, 4.69) is 34.3 Å². The topological polar surface area (TPSA) is 58.4 Å². The van der Waals surface area contributed by atoms with E-state index in [0.29, 0.717) is 17.6 Å². The molecule has 0 radical (unpaired) electrons. The maximum atomic E-state index is 12.9. The summed E-state index contributed by atoms with van der Waals surface area (Å²) in [6.07, 6.45) is 4.00. The molecule has 6 nitrogen and oxygen atoms in total. The second-order valence-corrected chi connectivity index (χ2v) is 8.06. The van der Waals surface area contributed by atoms with Crippen LogP contribution in [-0.2, 0) is 24.8 Å². The molecule has 30 heavy (non-hydrogen) atoms. The van der Waals surface area contributed by atoms with Crippen LogP contribution in [0, 0.1) is 0 Å².